The van der Waals surface area contributed by atoms with Gasteiger partial charge in [-0.1, -0.05) is 25.9 Å². The molecule has 4 nitrogen and oxygen atoms in total. The second kappa shape index (κ2) is 3.67. The summed E-state index contributed by atoms with van der Waals surface area (Å²) in [6.45, 7) is 6.01. The molecular weight excluding hydrogens is 154 g/mol. The van der Waals surface area contributed by atoms with Crippen LogP contribution in [0.4, 0.5) is 0 Å². The van der Waals surface area contributed by atoms with E-state index in [-0.39, 0.29) is 12.0 Å². The Hall–Kier alpha value is -0.900. The van der Waals surface area contributed by atoms with Crippen molar-refractivity contribution in [3.05, 3.63) is 11.7 Å². The Morgan fingerprint density at radius 3 is 2.58 bits per heavy atom. The summed E-state index contributed by atoms with van der Waals surface area (Å²) < 4.78 is 5.01. The van der Waals surface area contributed by atoms with Gasteiger partial charge in [-0.2, -0.15) is 4.98 Å². The molecule has 0 bridgehead atoms. The molecule has 0 saturated carbocycles. The lowest BCUT2D eigenvalue weighted by molar-refractivity contribution is 0.357. The van der Waals surface area contributed by atoms with E-state index in [2.05, 4.69) is 10.1 Å². The van der Waals surface area contributed by atoms with Crippen molar-refractivity contribution in [1.82, 2.24) is 10.1 Å². The number of hydrogen-bond donors (Lipinski definition) is 1. The lowest BCUT2D eigenvalue weighted by Crippen LogP contribution is -2.10. The van der Waals surface area contributed by atoms with Gasteiger partial charge in [-0.25, -0.2) is 0 Å². The fourth-order valence-corrected chi connectivity index (χ4v) is 0.815. The maximum atomic E-state index is 5.72. The number of nitrogens with two attached hydrogens (primary N) is 1. The first kappa shape index (κ1) is 9.19. The van der Waals surface area contributed by atoms with Crippen LogP contribution < -0.4 is 5.73 Å². The quantitative estimate of drug-likeness (QED) is 0.746. The highest BCUT2D eigenvalue weighted by molar-refractivity contribution is 4.94. The van der Waals surface area contributed by atoms with Crippen LogP contribution in [0.15, 0.2) is 4.52 Å². The van der Waals surface area contributed by atoms with Crippen molar-refractivity contribution < 1.29 is 4.52 Å². The first-order valence-corrected chi connectivity index (χ1v) is 4.24. The van der Waals surface area contributed by atoms with Gasteiger partial charge in [0.1, 0.15) is 0 Å². The third kappa shape index (κ3) is 1.82. The van der Waals surface area contributed by atoms with E-state index in [1.54, 1.807) is 0 Å². The molecule has 1 aromatic heterocycles. The van der Waals surface area contributed by atoms with Crippen molar-refractivity contribution in [1.29, 1.82) is 0 Å². The Labute approximate surface area is 72.1 Å². The van der Waals surface area contributed by atoms with E-state index < -0.39 is 0 Å². The molecule has 0 aliphatic rings. The van der Waals surface area contributed by atoms with Gasteiger partial charge in [0, 0.05) is 5.92 Å². The highest BCUT2D eigenvalue weighted by Gasteiger charge is 2.13. The molecule has 0 amide bonds. The summed E-state index contributed by atoms with van der Waals surface area (Å²) in [4.78, 5) is 4.18. The van der Waals surface area contributed by atoms with Crippen LogP contribution in [0.3, 0.4) is 0 Å². The highest BCUT2D eigenvalue weighted by Crippen LogP contribution is 2.15. The van der Waals surface area contributed by atoms with Gasteiger partial charge in [-0.15, -0.1) is 0 Å². The molecule has 1 unspecified atom stereocenters. The normalized spacial score (nSPS) is 13.8. The second-order valence-corrected chi connectivity index (χ2v) is 3.16. The zero-order valence-corrected chi connectivity index (χ0v) is 7.74. The SMILES string of the molecule is CCC(N)c1noc(C(C)C)n1. The molecule has 0 aliphatic heterocycles. The minimum Gasteiger partial charge on any atom is -0.339 e. The van der Waals surface area contributed by atoms with E-state index in [0.29, 0.717) is 11.7 Å². The molecule has 0 fully saturated rings. The Morgan fingerprint density at radius 1 is 1.50 bits per heavy atom. The third-order valence-corrected chi connectivity index (χ3v) is 1.72. The Morgan fingerprint density at radius 2 is 2.17 bits per heavy atom. The van der Waals surface area contributed by atoms with Gasteiger partial charge in [0.25, 0.3) is 0 Å². The van der Waals surface area contributed by atoms with Gasteiger partial charge in [0.2, 0.25) is 5.89 Å². The summed E-state index contributed by atoms with van der Waals surface area (Å²) in [5.41, 5.74) is 5.72. The summed E-state index contributed by atoms with van der Waals surface area (Å²) in [5.74, 6) is 1.55. The topological polar surface area (TPSA) is 64.9 Å². The Balaban J connectivity index is 2.77. The van der Waals surface area contributed by atoms with Gasteiger partial charge in [-0.3, -0.25) is 0 Å². The van der Waals surface area contributed by atoms with Crippen molar-refractivity contribution in [2.24, 2.45) is 5.73 Å². The molecule has 0 saturated heterocycles. The lowest BCUT2D eigenvalue weighted by Gasteiger charge is -1.99. The largest absolute Gasteiger partial charge is 0.339 e. The van der Waals surface area contributed by atoms with Crippen LogP contribution in [-0.2, 0) is 0 Å². The summed E-state index contributed by atoms with van der Waals surface area (Å²) >= 11 is 0. The smallest absolute Gasteiger partial charge is 0.229 e. The maximum absolute atomic E-state index is 5.72. The molecular formula is C8H15N3O. The van der Waals surface area contributed by atoms with Gasteiger partial charge in [0.05, 0.1) is 6.04 Å². The first-order chi connectivity index (χ1) is 5.65. The standard InChI is InChI=1S/C8H15N3O/c1-4-6(9)7-10-8(5(2)3)12-11-7/h5-6H,4,9H2,1-3H3. The predicted octanol–water partition coefficient (Wildman–Crippen LogP) is 1.60. The van der Waals surface area contributed by atoms with E-state index in [4.69, 9.17) is 10.3 Å². The van der Waals surface area contributed by atoms with Crippen LogP contribution in [0.1, 0.15) is 50.9 Å². The molecule has 0 aliphatic carbocycles. The van der Waals surface area contributed by atoms with E-state index in [1.165, 1.54) is 0 Å². The third-order valence-electron chi connectivity index (χ3n) is 1.72. The average Bonchev–Trinajstić information content (AvgIpc) is 2.51. The molecule has 0 aromatic carbocycles. The van der Waals surface area contributed by atoms with Crippen molar-refractivity contribution in [3.8, 4) is 0 Å². The summed E-state index contributed by atoms with van der Waals surface area (Å²) in [5, 5.41) is 3.80. The van der Waals surface area contributed by atoms with E-state index >= 15 is 0 Å². The predicted molar refractivity (Wildman–Crippen MR) is 45.6 cm³/mol. The molecule has 1 aromatic rings. The van der Waals surface area contributed by atoms with Gasteiger partial charge in [-0.05, 0) is 6.42 Å². The van der Waals surface area contributed by atoms with Gasteiger partial charge >= 0.3 is 0 Å². The Bertz CT molecular complexity index is 244. The summed E-state index contributed by atoms with van der Waals surface area (Å²) in [7, 11) is 0. The minimum absolute atomic E-state index is 0.0961. The lowest BCUT2D eigenvalue weighted by atomic mass is 10.2. The summed E-state index contributed by atoms with van der Waals surface area (Å²) in [6, 6.07) is -0.0961. The van der Waals surface area contributed by atoms with Crippen LogP contribution >= 0.6 is 0 Å². The average molecular weight is 169 g/mol. The number of nitrogens with zero attached hydrogens (tertiary/aromatic N) is 2. The molecule has 2 N–H and O–H groups in total. The minimum atomic E-state index is -0.0961. The maximum Gasteiger partial charge on any atom is 0.229 e. The Kier molecular flexibility index (Phi) is 2.81. The van der Waals surface area contributed by atoms with E-state index in [9.17, 15) is 0 Å². The van der Waals surface area contributed by atoms with Crippen LogP contribution in [-0.4, -0.2) is 10.1 Å². The van der Waals surface area contributed by atoms with Crippen molar-refractivity contribution >= 4 is 0 Å². The molecule has 0 radical (unpaired) electrons. The first-order valence-electron chi connectivity index (χ1n) is 4.24. The molecule has 1 atom stereocenters. The van der Waals surface area contributed by atoms with E-state index in [0.717, 1.165) is 6.42 Å². The second-order valence-electron chi connectivity index (χ2n) is 3.16. The van der Waals surface area contributed by atoms with Crippen molar-refractivity contribution in [2.45, 2.75) is 39.2 Å². The zero-order chi connectivity index (χ0) is 9.14. The summed E-state index contributed by atoms with van der Waals surface area (Å²) in [6.07, 6.45) is 0.830. The van der Waals surface area contributed by atoms with Crippen LogP contribution in [0.2, 0.25) is 0 Å². The molecule has 12 heavy (non-hydrogen) atoms. The molecule has 1 rings (SSSR count). The van der Waals surface area contributed by atoms with Crippen molar-refractivity contribution in [3.63, 3.8) is 0 Å². The number of rotatable bonds is 3. The van der Waals surface area contributed by atoms with Crippen LogP contribution in [0.5, 0.6) is 0 Å². The van der Waals surface area contributed by atoms with Crippen LogP contribution in [0.25, 0.3) is 0 Å². The number of hydrogen-bond acceptors (Lipinski definition) is 4. The van der Waals surface area contributed by atoms with Crippen molar-refractivity contribution in [2.75, 3.05) is 0 Å². The van der Waals surface area contributed by atoms with Gasteiger partial charge < -0.3 is 10.3 Å². The molecule has 4 heteroatoms. The number of aromatic nitrogens is 2. The van der Waals surface area contributed by atoms with Gasteiger partial charge in [0.15, 0.2) is 5.82 Å². The zero-order valence-electron chi connectivity index (χ0n) is 7.74. The highest BCUT2D eigenvalue weighted by atomic mass is 16.5. The van der Waals surface area contributed by atoms with Crippen LogP contribution in [0, 0.1) is 0 Å². The monoisotopic (exact) mass is 169 g/mol. The van der Waals surface area contributed by atoms with E-state index in [1.807, 2.05) is 20.8 Å². The molecule has 68 valence electrons. The molecule has 0 spiro atoms. The fourth-order valence-electron chi connectivity index (χ4n) is 0.815. The molecule has 1 heterocycles. The fraction of sp³-hybridized carbons (Fsp3) is 0.750.